The number of likely N-dealkylation sites (N-methyl/N-ethyl adjacent to an activating group) is 1. The maximum absolute atomic E-state index is 13.2. The van der Waals surface area contributed by atoms with Gasteiger partial charge in [-0.15, -0.1) is 0 Å². The van der Waals surface area contributed by atoms with Gasteiger partial charge in [-0.25, -0.2) is 9.97 Å². The zero-order valence-electron chi connectivity index (χ0n) is 28.2. The van der Waals surface area contributed by atoms with Gasteiger partial charge in [-0.05, 0) is 73.0 Å². The van der Waals surface area contributed by atoms with Crippen molar-refractivity contribution in [2.45, 2.75) is 26.3 Å². The first-order valence-electron chi connectivity index (χ1n) is 16.5. The number of amides is 1. The summed E-state index contributed by atoms with van der Waals surface area (Å²) in [6, 6.07) is 28.9. The van der Waals surface area contributed by atoms with Gasteiger partial charge in [0.25, 0.3) is 5.91 Å². The van der Waals surface area contributed by atoms with E-state index in [1.807, 2.05) is 105 Å². The van der Waals surface area contributed by atoms with Crippen LogP contribution in [0.1, 0.15) is 39.9 Å². The number of esters is 1. The highest BCUT2D eigenvalue weighted by Crippen LogP contribution is 2.25. The molecule has 0 spiro atoms. The molecule has 0 saturated carbocycles. The molecule has 1 saturated heterocycles. The maximum atomic E-state index is 13.2. The van der Waals surface area contributed by atoms with E-state index >= 15 is 0 Å². The van der Waals surface area contributed by atoms with Gasteiger partial charge in [-0.1, -0.05) is 48.5 Å². The van der Waals surface area contributed by atoms with Crippen LogP contribution in [0.4, 0.5) is 17.3 Å². The Morgan fingerprint density at radius 2 is 1.71 bits per heavy atom. The van der Waals surface area contributed by atoms with Gasteiger partial charge in [-0.3, -0.25) is 24.0 Å². The topological polar surface area (TPSA) is 109 Å². The Morgan fingerprint density at radius 3 is 2.45 bits per heavy atom. The first kappa shape index (κ1) is 33.5. The highest BCUT2D eigenvalue weighted by molar-refractivity contribution is 6.04. The molecule has 49 heavy (non-hydrogen) atoms. The SMILES string of the molecule is Cc1ccc(NC(=O)c2ccc(CN3CC[N+](C)(COC(=O)C(C)c4ccccc4)CC3)cc2)cc1Nc1nccc(-c2cccnc2)n1. The van der Waals surface area contributed by atoms with Crippen molar-refractivity contribution in [3.63, 3.8) is 0 Å². The normalized spacial score (nSPS) is 14.8. The first-order valence-corrected chi connectivity index (χ1v) is 16.5. The minimum atomic E-state index is -0.285. The highest BCUT2D eigenvalue weighted by atomic mass is 16.5. The monoisotopic (exact) mass is 656 g/mol. The summed E-state index contributed by atoms with van der Waals surface area (Å²) < 4.78 is 6.46. The molecule has 6 rings (SSSR count). The van der Waals surface area contributed by atoms with E-state index in [0.29, 0.717) is 28.4 Å². The molecule has 3 aromatic carbocycles. The van der Waals surface area contributed by atoms with Crippen molar-refractivity contribution in [3.05, 3.63) is 132 Å². The summed E-state index contributed by atoms with van der Waals surface area (Å²) in [6.07, 6.45) is 5.20. The number of aryl methyl sites for hydroxylation is 1. The van der Waals surface area contributed by atoms with Crippen LogP contribution in [0.3, 0.4) is 0 Å². The van der Waals surface area contributed by atoms with Crippen LogP contribution in [0.5, 0.6) is 0 Å². The molecule has 1 aliphatic rings. The molecular weight excluding hydrogens is 614 g/mol. The summed E-state index contributed by atoms with van der Waals surface area (Å²) in [5.41, 5.74) is 6.82. The van der Waals surface area contributed by atoms with Crippen molar-refractivity contribution in [1.82, 2.24) is 19.9 Å². The average Bonchev–Trinajstić information content (AvgIpc) is 3.14. The second-order valence-corrected chi connectivity index (χ2v) is 12.9. The number of rotatable bonds is 11. The number of hydrogen-bond acceptors (Lipinski definition) is 8. The number of carbonyl (C=O) groups excluding carboxylic acids is 2. The van der Waals surface area contributed by atoms with Crippen LogP contribution >= 0.6 is 0 Å². The minimum Gasteiger partial charge on any atom is -0.415 e. The molecule has 1 aliphatic heterocycles. The van der Waals surface area contributed by atoms with Gasteiger partial charge in [0.2, 0.25) is 12.7 Å². The first-order chi connectivity index (χ1) is 23.7. The van der Waals surface area contributed by atoms with Gasteiger partial charge in [0.05, 0.1) is 31.7 Å². The Kier molecular flexibility index (Phi) is 10.4. The zero-order chi connectivity index (χ0) is 34.2. The lowest BCUT2D eigenvalue weighted by atomic mass is 10.0. The third-order valence-electron chi connectivity index (χ3n) is 9.06. The van der Waals surface area contributed by atoms with E-state index in [-0.39, 0.29) is 17.8 Å². The molecule has 10 heteroatoms. The van der Waals surface area contributed by atoms with Crippen molar-refractivity contribution in [1.29, 1.82) is 0 Å². The van der Waals surface area contributed by atoms with E-state index in [9.17, 15) is 9.59 Å². The summed E-state index contributed by atoms with van der Waals surface area (Å²) in [5, 5.41) is 6.31. The summed E-state index contributed by atoms with van der Waals surface area (Å²) in [5.74, 6) is -0.196. The lowest BCUT2D eigenvalue weighted by Gasteiger charge is -2.41. The van der Waals surface area contributed by atoms with E-state index in [2.05, 4.69) is 37.5 Å². The highest BCUT2D eigenvalue weighted by Gasteiger charge is 2.31. The van der Waals surface area contributed by atoms with Crippen LogP contribution < -0.4 is 10.6 Å². The standard InChI is InChI=1S/C39H41N7O3/c1-28-11-16-34(24-36(28)44-39-41-19-17-35(43-39)33-10-7-18-40-25-33)42-37(47)32-14-12-30(13-15-32)26-45-20-22-46(3,23-21-45)27-49-38(48)29(2)31-8-5-4-6-9-31/h4-19,24-25,29H,20-23,26-27H2,1-3H3,(H-,41,42,43,44,47)/p+1. The number of pyridine rings is 1. The van der Waals surface area contributed by atoms with E-state index in [0.717, 1.165) is 66.4 Å². The van der Waals surface area contributed by atoms with Crippen LogP contribution in [-0.4, -0.2) is 76.2 Å². The third kappa shape index (κ3) is 8.72. The Morgan fingerprint density at radius 1 is 0.939 bits per heavy atom. The number of anilines is 3. The molecule has 3 heterocycles. The van der Waals surface area contributed by atoms with Gasteiger partial charge in [0.15, 0.2) is 0 Å². The molecule has 2 N–H and O–H groups in total. The van der Waals surface area contributed by atoms with Gasteiger partial charge in [0, 0.05) is 60.7 Å². The average molecular weight is 657 g/mol. The van der Waals surface area contributed by atoms with E-state index < -0.39 is 0 Å². The van der Waals surface area contributed by atoms with Crippen LogP contribution in [0.2, 0.25) is 0 Å². The molecule has 0 bridgehead atoms. The van der Waals surface area contributed by atoms with Crippen molar-refractivity contribution in [3.8, 4) is 11.3 Å². The Hall–Kier alpha value is -5.45. The molecule has 2 aromatic heterocycles. The fourth-order valence-corrected chi connectivity index (χ4v) is 5.77. The van der Waals surface area contributed by atoms with Crippen molar-refractivity contribution in [2.24, 2.45) is 0 Å². The van der Waals surface area contributed by atoms with E-state index in [1.54, 1.807) is 18.6 Å². The minimum absolute atomic E-state index is 0.182. The number of ether oxygens (including phenoxy) is 1. The van der Waals surface area contributed by atoms with Crippen LogP contribution in [0.15, 0.2) is 110 Å². The predicted molar refractivity (Wildman–Crippen MR) is 191 cm³/mol. The second-order valence-electron chi connectivity index (χ2n) is 12.9. The van der Waals surface area contributed by atoms with Crippen LogP contribution in [0, 0.1) is 6.92 Å². The third-order valence-corrected chi connectivity index (χ3v) is 9.06. The van der Waals surface area contributed by atoms with E-state index in [1.165, 1.54) is 0 Å². The van der Waals surface area contributed by atoms with Gasteiger partial charge in [-0.2, -0.15) is 0 Å². The Labute approximate surface area is 287 Å². The number of piperazine rings is 1. The second kappa shape index (κ2) is 15.2. The molecule has 10 nitrogen and oxygen atoms in total. The quantitative estimate of drug-likeness (QED) is 0.124. The van der Waals surface area contributed by atoms with Gasteiger partial charge >= 0.3 is 5.97 Å². The number of hydrogen-bond donors (Lipinski definition) is 2. The summed E-state index contributed by atoms with van der Waals surface area (Å²) in [6.45, 7) is 8.63. The lowest BCUT2D eigenvalue weighted by Crippen LogP contribution is -2.58. The van der Waals surface area contributed by atoms with E-state index in [4.69, 9.17) is 4.74 Å². The molecule has 1 amide bonds. The molecule has 1 atom stereocenters. The molecule has 5 aromatic rings. The van der Waals surface area contributed by atoms with Crippen molar-refractivity contribution >= 4 is 29.2 Å². The summed E-state index contributed by atoms with van der Waals surface area (Å²) in [7, 11) is 2.15. The molecular formula is C39H42N7O3+. The Bertz CT molecular complexity index is 1880. The van der Waals surface area contributed by atoms with Crippen LogP contribution in [0.25, 0.3) is 11.3 Å². The zero-order valence-corrected chi connectivity index (χ0v) is 28.2. The number of carbonyl (C=O) groups is 2. The smallest absolute Gasteiger partial charge is 0.317 e. The van der Waals surface area contributed by atoms with Crippen molar-refractivity contribution in [2.75, 3.05) is 50.6 Å². The predicted octanol–water partition coefficient (Wildman–Crippen LogP) is 6.41. The molecule has 0 radical (unpaired) electrons. The number of nitrogens with zero attached hydrogens (tertiary/aromatic N) is 5. The Balaban J connectivity index is 0.989. The van der Waals surface area contributed by atoms with Gasteiger partial charge in [0.1, 0.15) is 0 Å². The molecule has 1 unspecified atom stereocenters. The largest absolute Gasteiger partial charge is 0.415 e. The van der Waals surface area contributed by atoms with Crippen molar-refractivity contribution < 1.29 is 18.8 Å². The number of quaternary nitrogens is 1. The van der Waals surface area contributed by atoms with Crippen LogP contribution in [-0.2, 0) is 16.1 Å². The maximum Gasteiger partial charge on any atom is 0.317 e. The number of benzene rings is 3. The summed E-state index contributed by atoms with van der Waals surface area (Å²) in [4.78, 5) is 41.4. The fraction of sp³-hybridized carbons (Fsp3) is 0.256. The molecule has 1 fully saturated rings. The summed E-state index contributed by atoms with van der Waals surface area (Å²) >= 11 is 0. The lowest BCUT2D eigenvalue weighted by molar-refractivity contribution is -0.929. The number of aromatic nitrogens is 3. The molecule has 250 valence electrons. The number of nitrogens with one attached hydrogen (secondary N) is 2. The van der Waals surface area contributed by atoms with Gasteiger partial charge < -0.3 is 15.4 Å². The molecule has 0 aliphatic carbocycles. The fourth-order valence-electron chi connectivity index (χ4n) is 5.77.